The Morgan fingerprint density at radius 1 is 1.50 bits per heavy atom. The Morgan fingerprint density at radius 3 is 2.57 bits per heavy atom. The average molecular weight is 304 g/mol. The predicted molar refractivity (Wildman–Crippen MR) is 54.2 cm³/mol. The quantitative estimate of drug-likeness (QED) is 0.853. The molecule has 0 heterocycles. The molecule has 0 bridgehead atoms. The van der Waals surface area contributed by atoms with Crippen LogP contribution in [0.4, 0.5) is 4.39 Å². The zero-order valence-electron chi connectivity index (χ0n) is 6.67. The number of hydrogen-bond acceptors (Lipinski definition) is 3. The highest BCUT2D eigenvalue weighted by atomic mass is 79.9. The van der Waals surface area contributed by atoms with Crippen molar-refractivity contribution >= 4 is 35.7 Å². The average Bonchev–Trinajstić information content (AvgIpc) is 2.04. The zero-order valence-corrected chi connectivity index (χ0v) is 9.83. The molecular weight excluding hydrogens is 298 g/mol. The summed E-state index contributed by atoms with van der Waals surface area (Å²) >= 11 is 2.98. The third-order valence-electron chi connectivity index (χ3n) is 1.49. The molecule has 78 valence electrons. The van der Waals surface area contributed by atoms with Crippen molar-refractivity contribution in [3.8, 4) is 5.75 Å². The summed E-state index contributed by atoms with van der Waals surface area (Å²) in [7, 11) is 1.16. The molecule has 0 unspecified atom stereocenters. The highest BCUT2D eigenvalue weighted by Crippen LogP contribution is 2.30. The van der Waals surface area contributed by atoms with Gasteiger partial charge in [-0.15, -0.1) is 0 Å². The Kier molecular flexibility index (Phi) is 3.39. The topological polar surface area (TPSA) is 54.4 Å². The van der Waals surface area contributed by atoms with Gasteiger partial charge in [0.25, 0.3) is 0 Å². The Morgan fingerprint density at radius 2 is 2.07 bits per heavy atom. The van der Waals surface area contributed by atoms with Crippen LogP contribution in [0.15, 0.2) is 16.6 Å². The van der Waals surface area contributed by atoms with E-state index in [1.165, 1.54) is 6.07 Å². The molecule has 0 spiro atoms. The van der Waals surface area contributed by atoms with E-state index in [0.29, 0.717) is 4.47 Å². The lowest BCUT2D eigenvalue weighted by atomic mass is 10.2. The number of hydrogen-bond donors (Lipinski definition) is 1. The second-order valence-electron chi connectivity index (χ2n) is 2.54. The first kappa shape index (κ1) is 11.7. The second-order valence-corrected chi connectivity index (χ2v) is 6.17. The highest BCUT2D eigenvalue weighted by Gasteiger charge is 2.17. The Bertz CT molecular complexity index is 460. The first-order valence-electron chi connectivity index (χ1n) is 3.39. The molecule has 0 saturated heterocycles. The summed E-state index contributed by atoms with van der Waals surface area (Å²) in [4.78, 5) is 0. The van der Waals surface area contributed by atoms with Crippen LogP contribution in [-0.2, 0) is 14.8 Å². The molecule has 0 aromatic heterocycles. The summed E-state index contributed by atoms with van der Waals surface area (Å²) in [6.45, 7) is 0. The van der Waals surface area contributed by atoms with E-state index in [1.807, 2.05) is 0 Å². The largest absolute Gasteiger partial charge is 0.505 e. The van der Waals surface area contributed by atoms with Crippen molar-refractivity contribution in [3.05, 3.63) is 28.0 Å². The van der Waals surface area contributed by atoms with Crippen molar-refractivity contribution < 1.29 is 17.9 Å². The number of phenolic OH excluding ortho intramolecular Hbond substituents is 1. The van der Waals surface area contributed by atoms with Crippen LogP contribution in [0.3, 0.4) is 0 Å². The zero-order chi connectivity index (χ0) is 10.9. The molecule has 0 saturated carbocycles. The smallest absolute Gasteiger partial charge is 0.236 e. The monoisotopic (exact) mass is 302 g/mol. The molecule has 14 heavy (non-hydrogen) atoms. The van der Waals surface area contributed by atoms with Gasteiger partial charge in [-0.3, -0.25) is 0 Å². The molecule has 0 fully saturated rings. The fourth-order valence-corrected chi connectivity index (χ4v) is 2.50. The summed E-state index contributed by atoms with van der Waals surface area (Å²) in [5.74, 6) is -2.22. The molecule has 7 heteroatoms. The Hall–Kier alpha value is -0.330. The van der Waals surface area contributed by atoms with Gasteiger partial charge in [-0.1, -0.05) is 15.9 Å². The Balaban J connectivity index is 3.27. The number of aromatic hydroxyl groups is 1. The van der Waals surface area contributed by atoms with Crippen LogP contribution in [-0.4, -0.2) is 13.5 Å². The van der Waals surface area contributed by atoms with E-state index in [-0.39, 0.29) is 5.56 Å². The van der Waals surface area contributed by atoms with Crippen LogP contribution in [0.5, 0.6) is 5.75 Å². The Labute approximate surface area is 93.1 Å². The van der Waals surface area contributed by atoms with E-state index in [9.17, 15) is 17.9 Å². The minimum absolute atomic E-state index is 0.0833. The summed E-state index contributed by atoms with van der Waals surface area (Å²) in [6.07, 6.45) is 0. The second kappa shape index (κ2) is 4.04. The SMILES string of the molecule is O=S(=O)(Cl)Cc1c(Br)ccc(F)c1O. The van der Waals surface area contributed by atoms with Crippen molar-refractivity contribution in [1.82, 2.24) is 0 Å². The van der Waals surface area contributed by atoms with Crippen LogP contribution < -0.4 is 0 Å². The third-order valence-corrected chi connectivity index (χ3v) is 3.20. The number of benzene rings is 1. The van der Waals surface area contributed by atoms with Gasteiger partial charge in [0.1, 0.15) is 0 Å². The van der Waals surface area contributed by atoms with Crippen LogP contribution in [0.2, 0.25) is 0 Å². The molecule has 0 aliphatic heterocycles. The van der Waals surface area contributed by atoms with Gasteiger partial charge in [0, 0.05) is 20.7 Å². The van der Waals surface area contributed by atoms with Gasteiger partial charge >= 0.3 is 0 Å². The van der Waals surface area contributed by atoms with Crippen molar-refractivity contribution in [2.75, 3.05) is 0 Å². The maximum atomic E-state index is 12.8. The molecular formula is C7H5BrClFO3S. The lowest BCUT2D eigenvalue weighted by molar-refractivity contribution is 0.427. The van der Waals surface area contributed by atoms with Crippen LogP contribution in [0.1, 0.15) is 5.56 Å². The third kappa shape index (κ3) is 2.83. The molecule has 0 aliphatic rings. The molecule has 0 radical (unpaired) electrons. The standard InChI is InChI=1S/C7H5BrClFO3S/c8-5-1-2-6(10)7(11)4(5)3-14(9,12)13/h1-2,11H,3H2. The minimum Gasteiger partial charge on any atom is -0.505 e. The van der Waals surface area contributed by atoms with Gasteiger partial charge in [-0.25, -0.2) is 12.8 Å². The van der Waals surface area contributed by atoms with Crippen molar-refractivity contribution in [2.24, 2.45) is 0 Å². The predicted octanol–water partition coefficient (Wildman–Crippen LogP) is 2.36. The van der Waals surface area contributed by atoms with Crippen LogP contribution in [0.25, 0.3) is 0 Å². The molecule has 1 N–H and O–H groups in total. The summed E-state index contributed by atoms with van der Waals surface area (Å²) in [5, 5.41) is 9.21. The van der Waals surface area contributed by atoms with Crippen molar-refractivity contribution in [2.45, 2.75) is 5.75 Å². The molecule has 1 aromatic rings. The van der Waals surface area contributed by atoms with Crippen molar-refractivity contribution in [1.29, 1.82) is 0 Å². The lowest BCUT2D eigenvalue weighted by Gasteiger charge is -2.05. The van der Waals surface area contributed by atoms with Crippen molar-refractivity contribution in [3.63, 3.8) is 0 Å². The van der Waals surface area contributed by atoms with E-state index in [0.717, 1.165) is 6.07 Å². The van der Waals surface area contributed by atoms with Gasteiger partial charge < -0.3 is 5.11 Å². The summed E-state index contributed by atoms with van der Waals surface area (Å²) in [5.41, 5.74) is -0.0833. The van der Waals surface area contributed by atoms with Gasteiger partial charge in [0.2, 0.25) is 9.05 Å². The normalized spacial score (nSPS) is 11.6. The fourth-order valence-electron chi connectivity index (χ4n) is 0.893. The number of rotatable bonds is 2. The van der Waals surface area contributed by atoms with Crippen LogP contribution in [0, 0.1) is 5.82 Å². The van der Waals surface area contributed by atoms with E-state index in [4.69, 9.17) is 10.7 Å². The maximum absolute atomic E-state index is 12.8. The maximum Gasteiger partial charge on any atom is 0.236 e. The van der Waals surface area contributed by atoms with Gasteiger partial charge in [0.05, 0.1) is 5.75 Å². The van der Waals surface area contributed by atoms with Gasteiger partial charge in [-0.05, 0) is 12.1 Å². The molecule has 0 aliphatic carbocycles. The first-order valence-corrected chi connectivity index (χ1v) is 6.66. The van der Waals surface area contributed by atoms with E-state index < -0.39 is 26.4 Å². The van der Waals surface area contributed by atoms with Crippen LogP contribution >= 0.6 is 26.6 Å². The lowest BCUT2D eigenvalue weighted by Crippen LogP contribution is -1.98. The van der Waals surface area contributed by atoms with Gasteiger partial charge in [0.15, 0.2) is 11.6 Å². The number of halogens is 3. The van der Waals surface area contributed by atoms with E-state index in [1.54, 1.807) is 0 Å². The fraction of sp³-hybridized carbons (Fsp3) is 0.143. The summed E-state index contributed by atoms with van der Waals surface area (Å²) < 4.78 is 34.6. The molecule has 0 atom stereocenters. The number of phenols is 1. The summed E-state index contributed by atoms with van der Waals surface area (Å²) in [6, 6.07) is 2.32. The van der Waals surface area contributed by atoms with Gasteiger partial charge in [-0.2, -0.15) is 0 Å². The van der Waals surface area contributed by atoms with E-state index >= 15 is 0 Å². The molecule has 0 amide bonds. The molecule has 3 nitrogen and oxygen atoms in total. The molecule has 1 aromatic carbocycles. The first-order chi connectivity index (χ1) is 6.31. The molecule has 1 rings (SSSR count). The highest BCUT2D eigenvalue weighted by molar-refractivity contribution is 9.10. The minimum atomic E-state index is -3.82. The van der Waals surface area contributed by atoms with E-state index in [2.05, 4.69) is 15.9 Å².